The topological polar surface area (TPSA) is 48.3 Å². The first-order valence-electron chi connectivity index (χ1n) is 8.65. The van der Waals surface area contributed by atoms with E-state index in [1.54, 1.807) is 12.1 Å². The van der Waals surface area contributed by atoms with Crippen LogP contribution in [0.3, 0.4) is 0 Å². The Hall–Kier alpha value is -2.67. The number of thioether (sulfide) groups is 1. The average Bonchev–Trinajstić information content (AvgIpc) is 3.29. The van der Waals surface area contributed by atoms with Gasteiger partial charge in [-0.05, 0) is 35.4 Å². The van der Waals surface area contributed by atoms with Gasteiger partial charge in [-0.3, -0.25) is 4.79 Å². The van der Waals surface area contributed by atoms with Crippen LogP contribution in [0.5, 0.6) is 0 Å². The number of benzene rings is 2. The van der Waals surface area contributed by atoms with Gasteiger partial charge in [0, 0.05) is 26.2 Å². The number of nitrogens with zero attached hydrogens (tertiary/aromatic N) is 4. The first-order valence-corrected chi connectivity index (χ1v) is 9.64. The molecule has 2 aliphatic heterocycles. The molecule has 0 bridgehead atoms. The second-order valence-corrected chi connectivity index (χ2v) is 7.61. The van der Waals surface area contributed by atoms with Crippen LogP contribution in [-0.2, 0) is 0 Å². The van der Waals surface area contributed by atoms with E-state index in [1.807, 2.05) is 24.0 Å². The third kappa shape index (κ3) is 3.60. The van der Waals surface area contributed by atoms with Crippen LogP contribution in [0.2, 0.25) is 0 Å². The van der Waals surface area contributed by atoms with E-state index in [1.165, 1.54) is 23.9 Å². The Balaban J connectivity index is 1.68. The molecular weight excluding hydrogens is 363 g/mol. The Morgan fingerprint density at radius 3 is 2.41 bits per heavy atom. The minimum absolute atomic E-state index is 0.0356. The zero-order valence-electron chi connectivity index (χ0n) is 15.1. The number of amides is 1. The lowest BCUT2D eigenvalue weighted by Gasteiger charge is -2.23. The lowest BCUT2D eigenvalue weighted by Crippen LogP contribution is -2.27. The molecule has 0 aromatic heterocycles. The second kappa shape index (κ2) is 7.15. The van der Waals surface area contributed by atoms with Crippen LogP contribution in [0.25, 0.3) is 0 Å². The Morgan fingerprint density at radius 2 is 1.81 bits per heavy atom. The maximum atomic E-state index is 13.3. The summed E-state index contributed by atoms with van der Waals surface area (Å²) in [7, 11) is 4.01. The Kier molecular flexibility index (Phi) is 4.70. The summed E-state index contributed by atoms with van der Waals surface area (Å²) >= 11 is 1.18. The highest BCUT2D eigenvalue weighted by Crippen LogP contribution is 2.35. The van der Waals surface area contributed by atoms with E-state index in [4.69, 9.17) is 5.10 Å². The van der Waals surface area contributed by atoms with Crippen LogP contribution in [0.15, 0.2) is 58.6 Å². The van der Waals surface area contributed by atoms with Crippen molar-refractivity contribution in [2.24, 2.45) is 10.1 Å². The summed E-state index contributed by atoms with van der Waals surface area (Å²) in [6.45, 7) is 0. The number of anilines is 1. The third-order valence-corrected chi connectivity index (χ3v) is 5.43. The van der Waals surface area contributed by atoms with Gasteiger partial charge in [0.05, 0.1) is 17.5 Å². The average molecular weight is 382 g/mol. The van der Waals surface area contributed by atoms with E-state index in [0.717, 1.165) is 22.5 Å². The Morgan fingerprint density at radius 1 is 1.11 bits per heavy atom. The van der Waals surface area contributed by atoms with Crippen molar-refractivity contribution in [3.63, 3.8) is 0 Å². The molecule has 0 fully saturated rings. The lowest BCUT2D eigenvalue weighted by molar-refractivity contribution is 0.267. The Labute approximate surface area is 161 Å². The Bertz CT molecular complexity index is 922. The minimum atomic E-state index is -0.271. The smallest absolute Gasteiger partial charge is 0.307 e. The number of hydrazone groups is 1. The van der Waals surface area contributed by atoms with E-state index >= 15 is 0 Å². The van der Waals surface area contributed by atoms with E-state index in [-0.39, 0.29) is 17.1 Å². The molecule has 0 spiro atoms. The predicted molar refractivity (Wildman–Crippen MR) is 108 cm³/mol. The largest absolute Gasteiger partial charge is 0.378 e. The monoisotopic (exact) mass is 382 g/mol. The van der Waals surface area contributed by atoms with Crippen molar-refractivity contribution in [1.29, 1.82) is 0 Å². The maximum absolute atomic E-state index is 13.3. The summed E-state index contributed by atoms with van der Waals surface area (Å²) in [4.78, 5) is 17.8. The molecule has 7 heteroatoms. The quantitative estimate of drug-likeness (QED) is 0.794. The number of aliphatic imine (C=N–C) groups is 1. The van der Waals surface area contributed by atoms with Crippen molar-refractivity contribution in [2.45, 2.75) is 12.5 Å². The predicted octanol–water partition coefficient (Wildman–Crippen LogP) is 4.31. The molecular formula is C20H19FN4OS. The number of halogens is 1. The molecule has 27 heavy (non-hydrogen) atoms. The van der Waals surface area contributed by atoms with Gasteiger partial charge >= 0.3 is 5.24 Å². The molecule has 0 saturated carbocycles. The molecule has 0 N–H and O–H groups in total. The van der Waals surface area contributed by atoms with Crippen LogP contribution >= 0.6 is 11.8 Å². The van der Waals surface area contributed by atoms with Gasteiger partial charge in [0.15, 0.2) is 0 Å². The van der Waals surface area contributed by atoms with Crippen molar-refractivity contribution in [3.8, 4) is 0 Å². The molecule has 0 radical (unpaired) electrons. The fraction of sp³-hybridized carbons (Fsp3) is 0.250. The molecule has 1 amide bonds. The molecule has 1 unspecified atom stereocenters. The maximum Gasteiger partial charge on any atom is 0.307 e. The highest BCUT2D eigenvalue weighted by Gasteiger charge is 2.34. The summed E-state index contributed by atoms with van der Waals surface area (Å²) in [5.74, 6) is 0.918. The van der Waals surface area contributed by atoms with Gasteiger partial charge in [-0.1, -0.05) is 36.0 Å². The first kappa shape index (κ1) is 17.7. The third-order valence-electron chi connectivity index (χ3n) is 4.69. The number of amidine groups is 1. The number of hydrogen-bond donors (Lipinski definition) is 0. The molecule has 4 rings (SSSR count). The zero-order chi connectivity index (χ0) is 19.0. The minimum Gasteiger partial charge on any atom is -0.378 e. The van der Waals surface area contributed by atoms with Crippen molar-refractivity contribution < 1.29 is 9.18 Å². The van der Waals surface area contributed by atoms with E-state index in [2.05, 4.69) is 29.3 Å². The summed E-state index contributed by atoms with van der Waals surface area (Å²) in [6, 6.07) is 14.6. The fourth-order valence-electron chi connectivity index (χ4n) is 3.23. The highest BCUT2D eigenvalue weighted by atomic mass is 32.2. The molecule has 0 aliphatic carbocycles. The van der Waals surface area contributed by atoms with Crippen LogP contribution in [-0.4, -0.2) is 41.6 Å². The second-order valence-electron chi connectivity index (χ2n) is 6.69. The normalized spacial score (nSPS) is 19.3. The molecule has 2 aliphatic rings. The van der Waals surface area contributed by atoms with Crippen LogP contribution < -0.4 is 4.90 Å². The van der Waals surface area contributed by atoms with Gasteiger partial charge in [-0.15, -0.1) is 0 Å². The highest BCUT2D eigenvalue weighted by molar-refractivity contribution is 8.14. The van der Waals surface area contributed by atoms with E-state index in [0.29, 0.717) is 18.0 Å². The van der Waals surface area contributed by atoms with Gasteiger partial charge in [0.2, 0.25) is 0 Å². The fourth-order valence-corrected chi connectivity index (χ4v) is 3.85. The van der Waals surface area contributed by atoms with Crippen molar-refractivity contribution >= 4 is 34.2 Å². The van der Waals surface area contributed by atoms with Crippen LogP contribution in [0.1, 0.15) is 23.6 Å². The van der Waals surface area contributed by atoms with Crippen molar-refractivity contribution in [2.75, 3.05) is 24.7 Å². The number of rotatable bonds is 3. The van der Waals surface area contributed by atoms with Gasteiger partial charge in [0.1, 0.15) is 11.7 Å². The molecule has 2 heterocycles. The van der Waals surface area contributed by atoms with E-state index < -0.39 is 0 Å². The van der Waals surface area contributed by atoms with Crippen LogP contribution in [0.4, 0.5) is 14.9 Å². The summed E-state index contributed by atoms with van der Waals surface area (Å²) < 4.78 is 13.3. The van der Waals surface area contributed by atoms with Crippen LogP contribution in [0, 0.1) is 5.82 Å². The summed E-state index contributed by atoms with van der Waals surface area (Å²) in [5, 5.41) is 6.41. The summed E-state index contributed by atoms with van der Waals surface area (Å²) in [6.07, 6.45) is 0.671. The molecule has 1 atom stereocenters. The van der Waals surface area contributed by atoms with Gasteiger partial charge < -0.3 is 4.90 Å². The van der Waals surface area contributed by atoms with Crippen molar-refractivity contribution in [3.05, 3.63) is 65.5 Å². The van der Waals surface area contributed by atoms with Gasteiger partial charge in [-0.2, -0.15) is 10.1 Å². The molecule has 2 aromatic carbocycles. The standard InChI is InChI=1S/C20H19FN4OS/c1-24(2)16-9-5-14(6-10-16)18-11-17(13-3-7-15(21)8-4-13)23-25(18)19-12-27-20(26)22-19/h3-10,18H,11-12H2,1-2H3. The van der Waals surface area contributed by atoms with Gasteiger partial charge in [0.25, 0.3) is 0 Å². The number of carbonyl (C=O) groups excluding carboxylic acids is 1. The summed E-state index contributed by atoms with van der Waals surface area (Å²) in [5.41, 5.74) is 3.97. The molecule has 2 aromatic rings. The number of carbonyl (C=O) groups is 1. The SMILES string of the molecule is CN(C)c1ccc(C2CC(c3ccc(F)cc3)=NN2C2=NC(=O)SC2)cc1. The molecule has 138 valence electrons. The molecule has 5 nitrogen and oxygen atoms in total. The zero-order valence-corrected chi connectivity index (χ0v) is 15.9. The number of hydrogen-bond acceptors (Lipinski definition) is 5. The van der Waals surface area contributed by atoms with E-state index in [9.17, 15) is 9.18 Å². The first-order chi connectivity index (χ1) is 13.0. The molecule has 0 saturated heterocycles. The van der Waals surface area contributed by atoms with Crippen molar-refractivity contribution in [1.82, 2.24) is 5.01 Å². The van der Waals surface area contributed by atoms with Gasteiger partial charge in [-0.25, -0.2) is 9.40 Å². The lowest BCUT2D eigenvalue weighted by atomic mass is 9.98.